The maximum absolute atomic E-state index is 10.7. The van der Waals surface area contributed by atoms with E-state index in [4.69, 9.17) is 0 Å². The van der Waals surface area contributed by atoms with E-state index in [9.17, 15) is 10.1 Å². The quantitative estimate of drug-likeness (QED) is 0.665. The van der Waals surface area contributed by atoms with Crippen LogP contribution in [0.4, 0.5) is 5.00 Å². The molecule has 4 nitrogen and oxygen atoms in total. The Balaban J connectivity index is 2.02. The first-order valence-electron chi connectivity index (χ1n) is 6.49. The SMILES string of the molecule is Cc1ccc(C)c(C(C)NCc2csc([N+](=O)[O-])c2)c1. The van der Waals surface area contributed by atoms with Gasteiger partial charge in [0.05, 0.1) is 4.92 Å². The number of nitrogens with zero attached hydrogens (tertiary/aromatic N) is 1. The van der Waals surface area contributed by atoms with Gasteiger partial charge >= 0.3 is 5.00 Å². The third-order valence-electron chi connectivity index (χ3n) is 3.33. The standard InChI is InChI=1S/C15H18N2O2S/c1-10-4-5-11(2)14(6-10)12(3)16-8-13-7-15(17(18)19)20-9-13/h4-7,9,12,16H,8H2,1-3H3. The third-order valence-corrected chi connectivity index (χ3v) is 4.26. The molecule has 0 bridgehead atoms. The van der Waals surface area contributed by atoms with Crippen LogP contribution in [-0.4, -0.2) is 4.92 Å². The second-order valence-corrected chi connectivity index (χ2v) is 5.90. The summed E-state index contributed by atoms with van der Waals surface area (Å²) in [4.78, 5) is 10.3. The molecule has 0 radical (unpaired) electrons. The summed E-state index contributed by atoms with van der Waals surface area (Å²) in [5.41, 5.74) is 4.73. The Bertz CT molecular complexity index is 622. The molecule has 1 heterocycles. The molecule has 0 saturated carbocycles. The van der Waals surface area contributed by atoms with Gasteiger partial charge in [0.25, 0.3) is 0 Å². The molecule has 5 heteroatoms. The molecule has 1 aromatic carbocycles. The number of hydrogen-bond donors (Lipinski definition) is 1. The lowest BCUT2D eigenvalue weighted by molar-refractivity contribution is -0.380. The molecule has 106 valence electrons. The second-order valence-electron chi connectivity index (χ2n) is 5.01. The zero-order chi connectivity index (χ0) is 14.7. The Hall–Kier alpha value is -1.72. The smallest absolute Gasteiger partial charge is 0.306 e. The van der Waals surface area contributed by atoms with E-state index in [0.717, 1.165) is 5.56 Å². The topological polar surface area (TPSA) is 55.2 Å². The first kappa shape index (κ1) is 14.7. The van der Waals surface area contributed by atoms with Gasteiger partial charge < -0.3 is 5.32 Å². The van der Waals surface area contributed by atoms with Gasteiger partial charge in [0.2, 0.25) is 0 Å². The Morgan fingerprint density at radius 2 is 2.10 bits per heavy atom. The molecule has 1 N–H and O–H groups in total. The molecule has 0 spiro atoms. The van der Waals surface area contributed by atoms with Crippen molar-refractivity contribution in [2.24, 2.45) is 0 Å². The van der Waals surface area contributed by atoms with Crippen LogP contribution in [-0.2, 0) is 6.54 Å². The van der Waals surface area contributed by atoms with Crippen molar-refractivity contribution >= 4 is 16.3 Å². The van der Waals surface area contributed by atoms with Gasteiger partial charge in [0.1, 0.15) is 0 Å². The molecule has 1 unspecified atom stereocenters. The number of thiophene rings is 1. The first-order chi connectivity index (χ1) is 9.47. The van der Waals surface area contributed by atoms with Gasteiger partial charge in [0, 0.05) is 24.0 Å². The zero-order valence-corrected chi connectivity index (χ0v) is 12.7. The third kappa shape index (κ3) is 3.43. The summed E-state index contributed by atoms with van der Waals surface area (Å²) in [6, 6.07) is 8.26. The van der Waals surface area contributed by atoms with Gasteiger partial charge in [-0.1, -0.05) is 35.1 Å². The van der Waals surface area contributed by atoms with E-state index in [1.165, 1.54) is 28.0 Å². The fraction of sp³-hybridized carbons (Fsp3) is 0.333. The highest BCUT2D eigenvalue weighted by Crippen LogP contribution is 2.24. The van der Waals surface area contributed by atoms with Crippen molar-refractivity contribution in [2.75, 3.05) is 0 Å². The number of aryl methyl sites for hydroxylation is 2. The Morgan fingerprint density at radius 3 is 2.75 bits per heavy atom. The van der Waals surface area contributed by atoms with Gasteiger partial charge in [0.15, 0.2) is 0 Å². The molecule has 1 aromatic heterocycles. The molecule has 0 fully saturated rings. The highest BCUT2D eigenvalue weighted by atomic mass is 32.1. The van der Waals surface area contributed by atoms with Crippen LogP contribution in [0.5, 0.6) is 0 Å². The molecule has 0 aliphatic heterocycles. The van der Waals surface area contributed by atoms with Crippen LogP contribution in [0.3, 0.4) is 0 Å². The fourth-order valence-corrected chi connectivity index (χ4v) is 2.89. The largest absolute Gasteiger partial charge is 0.324 e. The monoisotopic (exact) mass is 290 g/mol. The van der Waals surface area contributed by atoms with Crippen molar-refractivity contribution in [2.45, 2.75) is 33.4 Å². The van der Waals surface area contributed by atoms with E-state index in [1.54, 1.807) is 6.07 Å². The normalized spacial score (nSPS) is 12.3. The summed E-state index contributed by atoms with van der Waals surface area (Å²) >= 11 is 1.17. The summed E-state index contributed by atoms with van der Waals surface area (Å²) in [6.45, 7) is 6.93. The van der Waals surface area contributed by atoms with Crippen molar-refractivity contribution in [3.63, 3.8) is 0 Å². The molecule has 2 aromatic rings. The molecule has 0 saturated heterocycles. The Labute approximate surface area is 122 Å². The van der Waals surface area contributed by atoms with Gasteiger partial charge in [-0.3, -0.25) is 10.1 Å². The van der Waals surface area contributed by atoms with Crippen LogP contribution >= 0.6 is 11.3 Å². The first-order valence-corrected chi connectivity index (χ1v) is 7.37. The van der Waals surface area contributed by atoms with Crippen molar-refractivity contribution in [3.05, 3.63) is 62.0 Å². The summed E-state index contributed by atoms with van der Waals surface area (Å²) in [6.07, 6.45) is 0. The zero-order valence-electron chi connectivity index (χ0n) is 11.8. The minimum absolute atomic E-state index is 0.196. The van der Waals surface area contributed by atoms with Crippen LogP contribution in [0.1, 0.15) is 35.2 Å². The van der Waals surface area contributed by atoms with Gasteiger partial charge in [-0.25, -0.2) is 0 Å². The number of hydrogen-bond acceptors (Lipinski definition) is 4. The van der Waals surface area contributed by atoms with Gasteiger partial charge in [-0.2, -0.15) is 0 Å². The molecular weight excluding hydrogens is 272 g/mol. The Kier molecular flexibility index (Phi) is 4.52. The van der Waals surface area contributed by atoms with E-state index in [2.05, 4.69) is 44.3 Å². The van der Waals surface area contributed by atoms with Crippen LogP contribution < -0.4 is 5.32 Å². The minimum atomic E-state index is -0.345. The molecule has 20 heavy (non-hydrogen) atoms. The molecule has 2 rings (SSSR count). The highest BCUT2D eigenvalue weighted by Gasteiger charge is 2.12. The fourth-order valence-electron chi connectivity index (χ4n) is 2.16. The highest BCUT2D eigenvalue weighted by molar-refractivity contribution is 7.13. The van der Waals surface area contributed by atoms with Crippen LogP contribution in [0.25, 0.3) is 0 Å². The minimum Gasteiger partial charge on any atom is -0.306 e. The van der Waals surface area contributed by atoms with Gasteiger partial charge in [-0.15, -0.1) is 0 Å². The maximum Gasteiger partial charge on any atom is 0.324 e. The molecule has 0 aliphatic carbocycles. The maximum atomic E-state index is 10.7. The summed E-state index contributed by atoms with van der Waals surface area (Å²) in [5, 5.41) is 16.1. The summed E-state index contributed by atoms with van der Waals surface area (Å²) in [7, 11) is 0. The van der Waals surface area contributed by atoms with Crippen molar-refractivity contribution in [1.82, 2.24) is 5.32 Å². The number of nitro groups is 1. The molecule has 0 amide bonds. The molecular formula is C15H18N2O2S. The summed E-state index contributed by atoms with van der Waals surface area (Å²) < 4.78 is 0. The van der Waals surface area contributed by atoms with E-state index in [1.807, 2.05) is 5.38 Å². The number of rotatable bonds is 5. The average Bonchev–Trinajstić information content (AvgIpc) is 2.88. The molecule has 0 aliphatic rings. The van der Waals surface area contributed by atoms with Crippen LogP contribution in [0, 0.1) is 24.0 Å². The Morgan fingerprint density at radius 1 is 1.35 bits per heavy atom. The predicted molar refractivity (Wildman–Crippen MR) is 82.1 cm³/mol. The van der Waals surface area contributed by atoms with E-state index in [0.29, 0.717) is 6.54 Å². The number of nitrogens with one attached hydrogen (secondary N) is 1. The lowest BCUT2D eigenvalue weighted by Crippen LogP contribution is -2.18. The lowest BCUT2D eigenvalue weighted by atomic mass is 10.00. The van der Waals surface area contributed by atoms with Crippen molar-refractivity contribution in [3.8, 4) is 0 Å². The van der Waals surface area contributed by atoms with E-state index < -0.39 is 0 Å². The van der Waals surface area contributed by atoms with Crippen molar-refractivity contribution < 1.29 is 4.92 Å². The lowest BCUT2D eigenvalue weighted by Gasteiger charge is -2.17. The predicted octanol–water partition coefficient (Wildman–Crippen LogP) is 4.12. The van der Waals surface area contributed by atoms with E-state index in [-0.39, 0.29) is 16.0 Å². The van der Waals surface area contributed by atoms with Crippen LogP contribution in [0.15, 0.2) is 29.6 Å². The van der Waals surface area contributed by atoms with E-state index >= 15 is 0 Å². The van der Waals surface area contributed by atoms with Crippen LogP contribution in [0.2, 0.25) is 0 Å². The van der Waals surface area contributed by atoms with Gasteiger partial charge in [-0.05, 0) is 37.5 Å². The second kappa shape index (κ2) is 6.15. The van der Waals surface area contributed by atoms with Crippen molar-refractivity contribution in [1.29, 1.82) is 0 Å². The number of benzene rings is 1. The summed E-state index contributed by atoms with van der Waals surface area (Å²) in [5.74, 6) is 0. The average molecular weight is 290 g/mol. The molecule has 1 atom stereocenters.